The molecule has 4 heteroatoms. The number of aliphatic hydroxyl groups excluding tert-OH is 1. The smallest absolute Gasteiger partial charge is 0.0899 e. The summed E-state index contributed by atoms with van der Waals surface area (Å²) in [4.78, 5) is 2.30. The standard InChI is InChI=1S/C16H32N2O2/c1-18(10-15(19)11-20-2)13-16(8-4-3-5-9-16)12-17-14-6-7-14/h14-15,17,19H,3-13H2,1-2H3. The van der Waals surface area contributed by atoms with Gasteiger partial charge in [-0.2, -0.15) is 0 Å². The van der Waals surface area contributed by atoms with E-state index >= 15 is 0 Å². The molecule has 1 unspecified atom stereocenters. The normalized spacial score (nSPS) is 24.0. The lowest BCUT2D eigenvalue weighted by atomic mass is 9.73. The fourth-order valence-electron chi connectivity index (χ4n) is 3.58. The summed E-state index contributed by atoms with van der Waals surface area (Å²) in [6.07, 6.45) is 9.12. The molecule has 118 valence electrons. The second-order valence-electron chi connectivity index (χ2n) is 7.02. The van der Waals surface area contributed by atoms with Gasteiger partial charge in [-0.3, -0.25) is 0 Å². The highest BCUT2D eigenvalue weighted by Gasteiger charge is 2.35. The molecule has 2 aliphatic rings. The average molecular weight is 284 g/mol. The molecule has 2 N–H and O–H groups in total. The first-order valence-electron chi connectivity index (χ1n) is 8.22. The molecule has 0 heterocycles. The molecular formula is C16H32N2O2. The molecule has 0 aliphatic heterocycles. The van der Waals surface area contributed by atoms with Gasteiger partial charge in [0.1, 0.15) is 0 Å². The van der Waals surface area contributed by atoms with Crippen molar-refractivity contribution < 1.29 is 9.84 Å². The zero-order valence-electron chi connectivity index (χ0n) is 13.2. The maximum Gasteiger partial charge on any atom is 0.0899 e. The molecule has 1 atom stereocenters. The van der Waals surface area contributed by atoms with Crippen LogP contribution in [0.25, 0.3) is 0 Å². The predicted molar refractivity (Wildman–Crippen MR) is 81.9 cm³/mol. The van der Waals surface area contributed by atoms with Gasteiger partial charge in [-0.1, -0.05) is 19.3 Å². The molecule has 0 bridgehead atoms. The van der Waals surface area contributed by atoms with Gasteiger partial charge < -0.3 is 20.1 Å². The number of hydrogen-bond acceptors (Lipinski definition) is 4. The molecule has 0 aromatic heterocycles. The fraction of sp³-hybridized carbons (Fsp3) is 1.00. The van der Waals surface area contributed by atoms with Gasteiger partial charge in [-0.25, -0.2) is 0 Å². The van der Waals surface area contributed by atoms with Crippen LogP contribution in [0.2, 0.25) is 0 Å². The second kappa shape index (κ2) is 7.74. The van der Waals surface area contributed by atoms with Crippen LogP contribution in [0.15, 0.2) is 0 Å². The lowest BCUT2D eigenvalue weighted by molar-refractivity contribution is 0.0276. The van der Waals surface area contributed by atoms with E-state index in [-0.39, 0.29) is 6.10 Å². The van der Waals surface area contributed by atoms with Crippen LogP contribution in [0.1, 0.15) is 44.9 Å². The minimum absolute atomic E-state index is 0.373. The molecule has 0 amide bonds. The summed E-state index contributed by atoms with van der Waals surface area (Å²) in [7, 11) is 3.78. The van der Waals surface area contributed by atoms with Gasteiger partial charge in [-0.05, 0) is 38.1 Å². The molecule has 2 saturated carbocycles. The number of nitrogens with one attached hydrogen (secondary N) is 1. The summed E-state index contributed by atoms with van der Waals surface area (Å²) in [5, 5.41) is 13.6. The number of likely N-dealkylation sites (N-methyl/N-ethyl adjacent to an activating group) is 1. The van der Waals surface area contributed by atoms with Gasteiger partial charge >= 0.3 is 0 Å². The van der Waals surface area contributed by atoms with Crippen molar-refractivity contribution in [1.82, 2.24) is 10.2 Å². The SMILES string of the molecule is COCC(O)CN(C)CC1(CNC2CC2)CCCCC1. The Morgan fingerprint density at radius 2 is 2.00 bits per heavy atom. The summed E-state index contributed by atoms with van der Waals surface area (Å²) >= 11 is 0. The average Bonchev–Trinajstić information content (AvgIpc) is 3.21. The second-order valence-corrected chi connectivity index (χ2v) is 7.02. The van der Waals surface area contributed by atoms with E-state index in [2.05, 4.69) is 17.3 Å². The number of nitrogens with zero attached hydrogens (tertiary/aromatic N) is 1. The number of hydrogen-bond donors (Lipinski definition) is 2. The van der Waals surface area contributed by atoms with Gasteiger partial charge in [0, 0.05) is 32.8 Å². The van der Waals surface area contributed by atoms with Crippen LogP contribution in [0.4, 0.5) is 0 Å². The maximum atomic E-state index is 9.88. The molecule has 0 spiro atoms. The molecule has 20 heavy (non-hydrogen) atoms. The van der Waals surface area contributed by atoms with Crippen LogP contribution < -0.4 is 5.32 Å². The van der Waals surface area contributed by atoms with Gasteiger partial charge in [0.05, 0.1) is 12.7 Å². The third-order valence-corrected chi connectivity index (χ3v) is 4.74. The lowest BCUT2D eigenvalue weighted by Gasteiger charge is -2.41. The highest BCUT2D eigenvalue weighted by atomic mass is 16.5. The van der Waals surface area contributed by atoms with Crippen molar-refractivity contribution in [2.45, 2.75) is 57.1 Å². The third kappa shape index (κ3) is 5.32. The first kappa shape index (κ1) is 16.2. The molecule has 0 radical (unpaired) electrons. The summed E-state index contributed by atoms with van der Waals surface area (Å²) in [6.45, 7) is 3.38. The zero-order chi connectivity index (χ0) is 14.4. The Balaban J connectivity index is 1.81. The van der Waals surface area contributed by atoms with E-state index < -0.39 is 0 Å². The van der Waals surface area contributed by atoms with Crippen molar-refractivity contribution in [2.24, 2.45) is 5.41 Å². The number of ether oxygens (including phenoxy) is 1. The van der Waals surface area contributed by atoms with Crippen LogP contribution in [0.3, 0.4) is 0 Å². The Morgan fingerprint density at radius 1 is 1.30 bits per heavy atom. The van der Waals surface area contributed by atoms with Crippen LogP contribution in [0.5, 0.6) is 0 Å². The Hall–Kier alpha value is -0.160. The van der Waals surface area contributed by atoms with E-state index in [0.29, 0.717) is 18.6 Å². The minimum Gasteiger partial charge on any atom is -0.389 e. The molecular weight excluding hydrogens is 252 g/mol. The molecule has 4 nitrogen and oxygen atoms in total. The highest BCUT2D eigenvalue weighted by Crippen LogP contribution is 2.37. The Labute approximate surface area is 123 Å². The summed E-state index contributed by atoms with van der Waals surface area (Å²) in [5.41, 5.74) is 0.419. The molecule has 2 rings (SSSR count). The van der Waals surface area contributed by atoms with Crippen molar-refractivity contribution in [3.63, 3.8) is 0 Å². The van der Waals surface area contributed by atoms with E-state index in [1.807, 2.05) is 0 Å². The molecule has 2 aliphatic carbocycles. The monoisotopic (exact) mass is 284 g/mol. The van der Waals surface area contributed by atoms with Crippen LogP contribution >= 0.6 is 0 Å². The van der Waals surface area contributed by atoms with Gasteiger partial charge in [0.15, 0.2) is 0 Å². The van der Waals surface area contributed by atoms with Gasteiger partial charge in [0.2, 0.25) is 0 Å². The van der Waals surface area contributed by atoms with Gasteiger partial charge in [-0.15, -0.1) is 0 Å². The van der Waals surface area contributed by atoms with Crippen molar-refractivity contribution >= 4 is 0 Å². The number of rotatable bonds is 9. The summed E-state index contributed by atoms with van der Waals surface area (Å²) < 4.78 is 5.02. The Morgan fingerprint density at radius 3 is 2.60 bits per heavy atom. The first-order chi connectivity index (χ1) is 9.63. The topological polar surface area (TPSA) is 44.7 Å². The molecule has 2 fully saturated rings. The zero-order valence-corrected chi connectivity index (χ0v) is 13.2. The van der Waals surface area contributed by atoms with Crippen molar-refractivity contribution in [3.05, 3.63) is 0 Å². The molecule has 0 saturated heterocycles. The minimum atomic E-state index is -0.373. The van der Waals surface area contributed by atoms with Crippen molar-refractivity contribution in [1.29, 1.82) is 0 Å². The molecule has 0 aromatic carbocycles. The van der Waals surface area contributed by atoms with E-state index in [1.165, 1.54) is 44.9 Å². The molecule has 0 aromatic rings. The summed E-state index contributed by atoms with van der Waals surface area (Å²) in [5.74, 6) is 0. The maximum absolute atomic E-state index is 9.88. The predicted octanol–water partition coefficient (Wildman–Crippen LogP) is 1.63. The largest absolute Gasteiger partial charge is 0.389 e. The van der Waals surface area contributed by atoms with E-state index in [0.717, 1.165) is 19.1 Å². The van der Waals surface area contributed by atoms with E-state index in [4.69, 9.17) is 4.74 Å². The van der Waals surface area contributed by atoms with Crippen LogP contribution in [-0.2, 0) is 4.74 Å². The van der Waals surface area contributed by atoms with Crippen LogP contribution in [0, 0.1) is 5.41 Å². The highest BCUT2D eigenvalue weighted by molar-refractivity contribution is 4.91. The summed E-state index contributed by atoms with van der Waals surface area (Å²) in [6, 6.07) is 0.790. The first-order valence-corrected chi connectivity index (χ1v) is 8.22. The fourth-order valence-corrected chi connectivity index (χ4v) is 3.58. The quantitative estimate of drug-likeness (QED) is 0.675. The number of aliphatic hydroxyl groups is 1. The van der Waals surface area contributed by atoms with E-state index in [9.17, 15) is 5.11 Å². The Kier molecular flexibility index (Phi) is 6.27. The van der Waals surface area contributed by atoms with Crippen LogP contribution in [-0.4, -0.2) is 62.6 Å². The number of methoxy groups -OCH3 is 1. The van der Waals surface area contributed by atoms with Crippen molar-refractivity contribution in [3.8, 4) is 0 Å². The lowest BCUT2D eigenvalue weighted by Crippen LogP contribution is -2.46. The van der Waals surface area contributed by atoms with Gasteiger partial charge in [0.25, 0.3) is 0 Å². The van der Waals surface area contributed by atoms with Crippen molar-refractivity contribution in [2.75, 3.05) is 40.4 Å². The van der Waals surface area contributed by atoms with E-state index in [1.54, 1.807) is 7.11 Å². The Bertz CT molecular complexity index is 276. The third-order valence-electron chi connectivity index (χ3n) is 4.74.